The largest absolute Gasteiger partial charge is 0.497 e. The van der Waals surface area contributed by atoms with Crippen LogP contribution in [0.1, 0.15) is 5.56 Å². The van der Waals surface area contributed by atoms with E-state index in [-0.39, 0.29) is 0 Å². The van der Waals surface area contributed by atoms with Gasteiger partial charge in [0.15, 0.2) is 0 Å². The molecule has 0 saturated heterocycles. The second-order valence-corrected chi connectivity index (χ2v) is 4.85. The first-order chi connectivity index (χ1) is 9.22. The highest BCUT2D eigenvalue weighted by Crippen LogP contribution is 2.29. The molecule has 19 heavy (non-hydrogen) atoms. The fourth-order valence-electron chi connectivity index (χ4n) is 1.70. The first-order valence-corrected chi connectivity index (χ1v) is 6.57. The summed E-state index contributed by atoms with van der Waals surface area (Å²) in [4.78, 5) is 4.13. The molecule has 0 bridgehead atoms. The summed E-state index contributed by atoms with van der Waals surface area (Å²) in [5.41, 5.74) is 1.97. The Labute approximate surface area is 120 Å². The average molecular weight is 323 g/mol. The van der Waals surface area contributed by atoms with E-state index in [0.717, 1.165) is 27.2 Å². The van der Waals surface area contributed by atoms with Gasteiger partial charge in [-0.1, -0.05) is 0 Å². The molecule has 0 aliphatic rings. The summed E-state index contributed by atoms with van der Waals surface area (Å²) < 4.78 is 11.5. The van der Waals surface area contributed by atoms with E-state index >= 15 is 0 Å². The Balaban J connectivity index is 2.14. The fourth-order valence-corrected chi connectivity index (χ4v) is 2.11. The van der Waals surface area contributed by atoms with Crippen molar-refractivity contribution < 1.29 is 9.47 Å². The van der Waals surface area contributed by atoms with E-state index < -0.39 is 0 Å². The molecule has 0 atom stereocenters. The number of pyridine rings is 1. The predicted octanol–water partition coefficient (Wildman–Crippen LogP) is 3.47. The van der Waals surface area contributed by atoms with Gasteiger partial charge in [-0.2, -0.15) is 0 Å². The quantitative estimate of drug-likeness (QED) is 0.915. The Morgan fingerprint density at radius 3 is 2.68 bits per heavy atom. The zero-order valence-corrected chi connectivity index (χ0v) is 12.4. The molecule has 4 nitrogen and oxygen atoms in total. The molecule has 0 aliphatic heterocycles. The standard InChI is InChI=1S/C14H15BrN2O2/c1-18-12-3-4-14(19-2)13(6-12)17-8-10-5-11(15)9-16-7-10/h3-7,9,17H,8H2,1-2H3. The maximum atomic E-state index is 5.31. The summed E-state index contributed by atoms with van der Waals surface area (Å²) in [6.07, 6.45) is 3.58. The number of nitrogens with one attached hydrogen (secondary N) is 1. The van der Waals surface area contributed by atoms with E-state index in [1.54, 1.807) is 20.4 Å². The van der Waals surface area contributed by atoms with Crippen LogP contribution in [0.4, 0.5) is 5.69 Å². The zero-order chi connectivity index (χ0) is 13.7. The smallest absolute Gasteiger partial charge is 0.142 e. The summed E-state index contributed by atoms with van der Waals surface area (Å²) in [6.45, 7) is 0.663. The van der Waals surface area contributed by atoms with Crippen LogP contribution in [0.25, 0.3) is 0 Å². The van der Waals surface area contributed by atoms with Crippen molar-refractivity contribution in [3.63, 3.8) is 0 Å². The molecule has 0 amide bonds. The molecule has 100 valence electrons. The topological polar surface area (TPSA) is 43.4 Å². The van der Waals surface area contributed by atoms with Crippen LogP contribution in [0.3, 0.4) is 0 Å². The third-order valence-electron chi connectivity index (χ3n) is 2.65. The number of aromatic nitrogens is 1. The molecule has 0 fully saturated rings. The molecule has 0 saturated carbocycles. The van der Waals surface area contributed by atoms with E-state index in [9.17, 15) is 0 Å². The normalized spacial score (nSPS) is 10.1. The van der Waals surface area contributed by atoms with Crippen LogP contribution in [0, 0.1) is 0 Å². The summed E-state index contributed by atoms with van der Waals surface area (Å²) in [6, 6.07) is 7.67. The average Bonchev–Trinajstić information content (AvgIpc) is 2.45. The summed E-state index contributed by atoms with van der Waals surface area (Å²) in [5, 5.41) is 3.32. The molecule has 1 aromatic carbocycles. The van der Waals surface area contributed by atoms with Crippen molar-refractivity contribution in [2.24, 2.45) is 0 Å². The SMILES string of the molecule is COc1ccc(OC)c(NCc2cncc(Br)c2)c1. The molecule has 1 N–H and O–H groups in total. The van der Waals surface area contributed by atoms with Gasteiger partial charge >= 0.3 is 0 Å². The minimum Gasteiger partial charge on any atom is -0.497 e. The van der Waals surface area contributed by atoms with E-state index in [1.807, 2.05) is 30.5 Å². The maximum absolute atomic E-state index is 5.31. The van der Waals surface area contributed by atoms with Gasteiger partial charge in [0.1, 0.15) is 11.5 Å². The van der Waals surface area contributed by atoms with Gasteiger partial charge in [0.05, 0.1) is 19.9 Å². The van der Waals surface area contributed by atoms with Crippen LogP contribution >= 0.6 is 15.9 Å². The van der Waals surface area contributed by atoms with Crippen molar-refractivity contribution in [1.29, 1.82) is 0 Å². The molecule has 1 aromatic heterocycles. The number of nitrogens with zero attached hydrogens (tertiary/aromatic N) is 1. The van der Waals surface area contributed by atoms with Crippen LogP contribution < -0.4 is 14.8 Å². The monoisotopic (exact) mass is 322 g/mol. The first-order valence-electron chi connectivity index (χ1n) is 5.78. The minimum atomic E-state index is 0.663. The lowest BCUT2D eigenvalue weighted by Crippen LogP contribution is -2.02. The lowest BCUT2D eigenvalue weighted by Gasteiger charge is -2.12. The van der Waals surface area contributed by atoms with E-state index in [0.29, 0.717) is 6.54 Å². The molecule has 2 aromatic rings. The summed E-state index contributed by atoms with van der Waals surface area (Å²) >= 11 is 3.40. The second-order valence-electron chi connectivity index (χ2n) is 3.93. The number of benzene rings is 1. The van der Waals surface area contributed by atoms with Crippen LogP contribution in [-0.4, -0.2) is 19.2 Å². The van der Waals surface area contributed by atoms with E-state index in [4.69, 9.17) is 9.47 Å². The molecule has 2 rings (SSSR count). The van der Waals surface area contributed by atoms with Crippen molar-refractivity contribution in [2.75, 3.05) is 19.5 Å². The van der Waals surface area contributed by atoms with Crippen molar-refractivity contribution in [3.8, 4) is 11.5 Å². The molecular weight excluding hydrogens is 308 g/mol. The highest BCUT2D eigenvalue weighted by molar-refractivity contribution is 9.10. The highest BCUT2D eigenvalue weighted by Gasteiger charge is 2.05. The second kappa shape index (κ2) is 6.43. The van der Waals surface area contributed by atoms with Gasteiger partial charge in [-0.15, -0.1) is 0 Å². The zero-order valence-electron chi connectivity index (χ0n) is 10.8. The van der Waals surface area contributed by atoms with Gasteiger partial charge in [-0.25, -0.2) is 0 Å². The molecule has 0 spiro atoms. The first kappa shape index (κ1) is 13.7. The summed E-state index contributed by atoms with van der Waals surface area (Å²) in [5.74, 6) is 1.57. The van der Waals surface area contributed by atoms with Gasteiger partial charge in [0, 0.05) is 29.5 Å². The Morgan fingerprint density at radius 2 is 2.00 bits per heavy atom. The van der Waals surface area contributed by atoms with E-state index in [2.05, 4.69) is 26.2 Å². The molecule has 5 heteroatoms. The van der Waals surface area contributed by atoms with Crippen LogP contribution in [0.2, 0.25) is 0 Å². The number of hydrogen-bond donors (Lipinski definition) is 1. The number of anilines is 1. The molecule has 1 heterocycles. The number of halogens is 1. The Hall–Kier alpha value is -1.75. The van der Waals surface area contributed by atoms with Gasteiger partial charge < -0.3 is 14.8 Å². The van der Waals surface area contributed by atoms with Crippen molar-refractivity contribution >= 4 is 21.6 Å². The van der Waals surface area contributed by atoms with Crippen molar-refractivity contribution in [3.05, 3.63) is 46.7 Å². The van der Waals surface area contributed by atoms with Crippen molar-refractivity contribution in [2.45, 2.75) is 6.54 Å². The maximum Gasteiger partial charge on any atom is 0.142 e. The molecule has 0 unspecified atom stereocenters. The Bertz CT molecular complexity index is 561. The van der Waals surface area contributed by atoms with Gasteiger partial charge in [0.25, 0.3) is 0 Å². The van der Waals surface area contributed by atoms with Crippen LogP contribution in [0.5, 0.6) is 11.5 Å². The molecule has 0 aliphatic carbocycles. The summed E-state index contributed by atoms with van der Waals surface area (Å²) in [7, 11) is 3.29. The molecular formula is C14H15BrN2O2. The predicted molar refractivity (Wildman–Crippen MR) is 78.8 cm³/mol. The minimum absolute atomic E-state index is 0.663. The lowest BCUT2D eigenvalue weighted by atomic mass is 10.2. The number of rotatable bonds is 5. The van der Waals surface area contributed by atoms with Crippen LogP contribution in [0.15, 0.2) is 41.1 Å². The van der Waals surface area contributed by atoms with Gasteiger partial charge in [-0.05, 0) is 39.7 Å². The third kappa shape index (κ3) is 3.61. The van der Waals surface area contributed by atoms with Gasteiger partial charge in [-0.3, -0.25) is 4.98 Å². The third-order valence-corrected chi connectivity index (χ3v) is 3.08. The lowest BCUT2D eigenvalue weighted by molar-refractivity contribution is 0.404. The van der Waals surface area contributed by atoms with Crippen molar-refractivity contribution in [1.82, 2.24) is 4.98 Å². The fraction of sp³-hybridized carbons (Fsp3) is 0.214. The van der Waals surface area contributed by atoms with E-state index in [1.165, 1.54) is 0 Å². The van der Waals surface area contributed by atoms with Crippen LogP contribution in [-0.2, 0) is 6.54 Å². The Kier molecular flexibility index (Phi) is 4.63. The number of hydrogen-bond acceptors (Lipinski definition) is 4. The highest BCUT2D eigenvalue weighted by atomic mass is 79.9. The molecule has 0 radical (unpaired) electrons. The Morgan fingerprint density at radius 1 is 1.16 bits per heavy atom. The van der Waals surface area contributed by atoms with Gasteiger partial charge in [0.2, 0.25) is 0 Å². The number of ether oxygens (including phenoxy) is 2. The number of methoxy groups -OCH3 is 2.